The Morgan fingerprint density at radius 3 is 2.88 bits per heavy atom. The molecule has 0 aromatic rings. The lowest BCUT2D eigenvalue weighted by Gasteiger charge is -2.09. The summed E-state index contributed by atoms with van der Waals surface area (Å²) in [6.07, 6.45) is 5.17. The van der Waals surface area contributed by atoms with Gasteiger partial charge in [-0.25, -0.2) is 0 Å². The maximum Gasteiger partial charge on any atom is 0.0966 e. The van der Waals surface area contributed by atoms with E-state index in [9.17, 15) is 0 Å². The number of epoxide rings is 1. The maximum absolute atomic E-state index is 5.34. The molecule has 2 heteroatoms. The van der Waals surface area contributed by atoms with Crippen LogP contribution in [0.3, 0.4) is 0 Å². The van der Waals surface area contributed by atoms with Crippen LogP contribution in [0.5, 0.6) is 0 Å². The second-order valence-corrected chi connectivity index (χ2v) is 3.76. The Hall–Kier alpha value is 0.440. The van der Waals surface area contributed by atoms with E-state index < -0.39 is 0 Å². The van der Waals surface area contributed by atoms with Gasteiger partial charge in [-0.15, -0.1) is 0 Å². The van der Waals surface area contributed by atoms with Crippen molar-refractivity contribution in [3.8, 4) is 0 Å². The van der Waals surface area contributed by atoms with Crippen LogP contribution in [-0.2, 0) is 4.74 Å². The SMILES string of the molecule is Br[C@H]1CCC[C@H]2O[C@@H]12. The van der Waals surface area contributed by atoms with Crippen LogP contribution in [0.15, 0.2) is 0 Å². The number of hydrogen-bond donors (Lipinski definition) is 0. The van der Waals surface area contributed by atoms with Gasteiger partial charge in [-0.2, -0.15) is 0 Å². The Labute approximate surface area is 57.5 Å². The van der Waals surface area contributed by atoms with Gasteiger partial charge in [0.05, 0.1) is 12.2 Å². The lowest BCUT2D eigenvalue weighted by Crippen LogP contribution is -2.14. The van der Waals surface area contributed by atoms with Gasteiger partial charge in [-0.05, 0) is 19.3 Å². The van der Waals surface area contributed by atoms with E-state index in [4.69, 9.17) is 4.74 Å². The molecule has 0 aromatic heterocycles. The van der Waals surface area contributed by atoms with Crippen LogP contribution in [0.2, 0.25) is 0 Å². The van der Waals surface area contributed by atoms with Crippen molar-refractivity contribution in [3.63, 3.8) is 0 Å². The molecule has 1 saturated carbocycles. The topological polar surface area (TPSA) is 12.5 Å². The Bertz CT molecular complexity index is 105. The van der Waals surface area contributed by atoms with Crippen molar-refractivity contribution >= 4 is 15.9 Å². The molecule has 0 spiro atoms. The minimum absolute atomic E-state index is 0.587. The van der Waals surface area contributed by atoms with Crippen molar-refractivity contribution in [2.75, 3.05) is 0 Å². The van der Waals surface area contributed by atoms with E-state index in [0.29, 0.717) is 17.0 Å². The fourth-order valence-electron chi connectivity index (χ4n) is 1.39. The van der Waals surface area contributed by atoms with E-state index in [2.05, 4.69) is 15.9 Å². The highest BCUT2D eigenvalue weighted by atomic mass is 79.9. The van der Waals surface area contributed by atoms with Crippen LogP contribution in [0, 0.1) is 0 Å². The normalized spacial score (nSPS) is 52.9. The molecular weight excluding hydrogens is 168 g/mol. The zero-order valence-corrected chi connectivity index (χ0v) is 6.23. The smallest absolute Gasteiger partial charge is 0.0966 e. The van der Waals surface area contributed by atoms with Gasteiger partial charge in [-0.1, -0.05) is 15.9 Å². The second kappa shape index (κ2) is 1.71. The molecule has 3 atom stereocenters. The molecule has 1 nitrogen and oxygen atoms in total. The molecule has 0 N–H and O–H groups in total. The molecule has 1 aliphatic heterocycles. The summed E-state index contributed by atoms with van der Waals surface area (Å²) in [4.78, 5) is 0.668. The summed E-state index contributed by atoms with van der Waals surface area (Å²) in [5.74, 6) is 0. The van der Waals surface area contributed by atoms with Crippen molar-refractivity contribution in [2.45, 2.75) is 36.3 Å². The quantitative estimate of drug-likeness (QED) is 0.405. The van der Waals surface area contributed by atoms with Gasteiger partial charge in [0, 0.05) is 4.83 Å². The van der Waals surface area contributed by atoms with Gasteiger partial charge in [0.2, 0.25) is 0 Å². The molecule has 2 rings (SSSR count). The first-order chi connectivity index (χ1) is 3.88. The van der Waals surface area contributed by atoms with Crippen molar-refractivity contribution in [2.24, 2.45) is 0 Å². The first-order valence-corrected chi connectivity index (χ1v) is 4.09. The highest BCUT2D eigenvalue weighted by Crippen LogP contribution is 2.39. The van der Waals surface area contributed by atoms with E-state index >= 15 is 0 Å². The Morgan fingerprint density at radius 1 is 1.38 bits per heavy atom. The molecule has 8 heavy (non-hydrogen) atoms. The lowest BCUT2D eigenvalue weighted by molar-refractivity contribution is 0.376. The van der Waals surface area contributed by atoms with Crippen molar-refractivity contribution in [1.29, 1.82) is 0 Å². The van der Waals surface area contributed by atoms with E-state index in [1.165, 1.54) is 19.3 Å². The van der Waals surface area contributed by atoms with Gasteiger partial charge in [0.25, 0.3) is 0 Å². The number of hydrogen-bond acceptors (Lipinski definition) is 1. The number of halogens is 1. The molecule has 0 unspecified atom stereocenters. The number of ether oxygens (including phenoxy) is 1. The lowest BCUT2D eigenvalue weighted by atomic mass is 10.0. The van der Waals surface area contributed by atoms with Gasteiger partial charge in [0.1, 0.15) is 0 Å². The number of fused-ring (bicyclic) bond motifs is 1. The average Bonchev–Trinajstić information content (AvgIpc) is 2.45. The average molecular weight is 177 g/mol. The van der Waals surface area contributed by atoms with Gasteiger partial charge in [-0.3, -0.25) is 0 Å². The molecule has 2 aliphatic rings. The van der Waals surface area contributed by atoms with Crippen molar-refractivity contribution in [3.05, 3.63) is 0 Å². The zero-order chi connectivity index (χ0) is 5.56. The molecule has 0 bridgehead atoms. The van der Waals surface area contributed by atoms with Crippen LogP contribution >= 0.6 is 15.9 Å². The van der Waals surface area contributed by atoms with Crippen LogP contribution in [0.25, 0.3) is 0 Å². The molecule has 1 saturated heterocycles. The van der Waals surface area contributed by atoms with Crippen LogP contribution in [-0.4, -0.2) is 17.0 Å². The predicted molar refractivity (Wildman–Crippen MR) is 35.2 cm³/mol. The van der Waals surface area contributed by atoms with Gasteiger partial charge >= 0.3 is 0 Å². The van der Waals surface area contributed by atoms with E-state index in [1.807, 2.05) is 0 Å². The fourth-order valence-corrected chi connectivity index (χ4v) is 2.17. The Balaban J connectivity index is 1.99. The molecule has 0 amide bonds. The fraction of sp³-hybridized carbons (Fsp3) is 1.00. The van der Waals surface area contributed by atoms with Gasteiger partial charge < -0.3 is 4.74 Å². The highest BCUT2D eigenvalue weighted by Gasteiger charge is 2.45. The summed E-state index contributed by atoms with van der Waals surface area (Å²) in [6.45, 7) is 0. The Morgan fingerprint density at radius 2 is 2.25 bits per heavy atom. The standard InChI is InChI=1S/C6H9BrO/c7-4-2-1-3-5-6(4)8-5/h4-6H,1-3H2/t4-,5+,6-/m0/s1. The van der Waals surface area contributed by atoms with E-state index in [0.717, 1.165) is 0 Å². The highest BCUT2D eigenvalue weighted by molar-refractivity contribution is 9.09. The molecule has 2 fully saturated rings. The third kappa shape index (κ3) is 0.705. The van der Waals surface area contributed by atoms with Crippen LogP contribution in [0.4, 0.5) is 0 Å². The third-order valence-corrected chi connectivity index (χ3v) is 2.93. The number of alkyl halides is 1. The largest absolute Gasteiger partial charge is 0.368 e. The van der Waals surface area contributed by atoms with E-state index in [1.54, 1.807) is 0 Å². The zero-order valence-electron chi connectivity index (χ0n) is 4.64. The monoisotopic (exact) mass is 176 g/mol. The first kappa shape index (κ1) is 5.24. The molecule has 46 valence electrons. The minimum atomic E-state index is 0.587. The van der Waals surface area contributed by atoms with Crippen molar-refractivity contribution < 1.29 is 4.74 Å². The predicted octanol–water partition coefficient (Wildman–Crippen LogP) is 1.70. The van der Waals surface area contributed by atoms with E-state index in [-0.39, 0.29) is 0 Å². The molecule has 0 aromatic carbocycles. The maximum atomic E-state index is 5.34. The summed E-state index contributed by atoms with van der Waals surface area (Å²) < 4.78 is 5.34. The van der Waals surface area contributed by atoms with Crippen LogP contribution in [0.1, 0.15) is 19.3 Å². The molecule has 1 heterocycles. The summed E-state index contributed by atoms with van der Waals surface area (Å²) in [5.41, 5.74) is 0. The summed E-state index contributed by atoms with van der Waals surface area (Å²) in [5, 5.41) is 0. The van der Waals surface area contributed by atoms with Gasteiger partial charge in [0.15, 0.2) is 0 Å². The molecular formula is C6H9BrO. The van der Waals surface area contributed by atoms with Crippen molar-refractivity contribution in [1.82, 2.24) is 0 Å². The Kier molecular flexibility index (Phi) is 1.12. The third-order valence-electron chi connectivity index (χ3n) is 1.95. The summed E-state index contributed by atoms with van der Waals surface area (Å²) in [7, 11) is 0. The molecule has 0 radical (unpaired) electrons. The second-order valence-electron chi connectivity index (χ2n) is 2.59. The van der Waals surface area contributed by atoms with Crippen LogP contribution < -0.4 is 0 Å². The number of rotatable bonds is 0. The summed E-state index contributed by atoms with van der Waals surface area (Å²) >= 11 is 3.57. The molecule has 1 aliphatic carbocycles. The minimum Gasteiger partial charge on any atom is -0.368 e. The summed E-state index contributed by atoms with van der Waals surface area (Å²) in [6, 6.07) is 0. The first-order valence-electron chi connectivity index (χ1n) is 3.17.